The van der Waals surface area contributed by atoms with Gasteiger partial charge < -0.3 is 15.3 Å². The van der Waals surface area contributed by atoms with E-state index in [1.807, 2.05) is 43.3 Å². The van der Waals surface area contributed by atoms with Gasteiger partial charge in [-0.25, -0.2) is 9.97 Å². The van der Waals surface area contributed by atoms with Crippen LogP contribution in [0, 0.1) is 0 Å². The van der Waals surface area contributed by atoms with E-state index in [0.29, 0.717) is 13.1 Å². The summed E-state index contributed by atoms with van der Waals surface area (Å²) in [6.45, 7) is 2.91. The van der Waals surface area contributed by atoms with Gasteiger partial charge in [-0.3, -0.25) is 0 Å². The van der Waals surface area contributed by atoms with Crippen LogP contribution in [-0.4, -0.2) is 46.7 Å². The average molecular weight is 260 g/mol. The molecule has 1 aromatic heterocycles. The average Bonchev–Trinajstić information content (AvgIpc) is 2.35. The first-order valence-corrected chi connectivity index (χ1v) is 6.38. The molecule has 1 aromatic carbocycles. The highest BCUT2D eigenvalue weighted by Crippen LogP contribution is 2.20. The summed E-state index contributed by atoms with van der Waals surface area (Å²) in [5.74, 6) is 1.56. The van der Waals surface area contributed by atoms with Crippen LogP contribution in [0.25, 0.3) is 10.9 Å². The minimum Gasteiger partial charge on any atom is -0.392 e. The predicted octanol–water partition coefficient (Wildman–Crippen LogP) is 1.48. The zero-order valence-corrected chi connectivity index (χ0v) is 11.6. The maximum atomic E-state index is 9.39. The van der Waals surface area contributed by atoms with Gasteiger partial charge in [-0.1, -0.05) is 12.1 Å². The van der Waals surface area contributed by atoms with Crippen molar-refractivity contribution in [2.24, 2.45) is 0 Å². The molecule has 0 spiro atoms. The Morgan fingerprint density at radius 3 is 2.68 bits per heavy atom. The Morgan fingerprint density at radius 2 is 2.00 bits per heavy atom. The van der Waals surface area contributed by atoms with Crippen molar-refractivity contribution in [3.63, 3.8) is 0 Å². The molecule has 1 atom stereocenters. The van der Waals surface area contributed by atoms with E-state index in [-0.39, 0.29) is 0 Å². The van der Waals surface area contributed by atoms with Gasteiger partial charge in [-0.15, -0.1) is 0 Å². The first-order valence-electron chi connectivity index (χ1n) is 6.38. The van der Waals surface area contributed by atoms with Gasteiger partial charge in [0.15, 0.2) is 0 Å². The summed E-state index contributed by atoms with van der Waals surface area (Å²) in [5.41, 5.74) is 0.919. The molecule has 0 amide bonds. The van der Waals surface area contributed by atoms with Gasteiger partial charge in [-0.05, 0) is 33.2 Å². The van der Waals surface area contributed by atoms with Crippen molar-refractivity contribution in [1.29, 1.82) is 0 Å². The van der Waals surface area contributed by atoms with Crippen LogP contribution in [0.4, 0.5) is 5.82 Å². The number of fused-ring (bicyclic) bond motifs is 1. The zero-order chi connectivity index (χ0) is 13.8. The molecule has 102 valence electrons. The van der Waals surface area contributed by atoms with Gasteiger partial charge in [0.05, 0.1) is 18.2 Å². The van der Waals surface area contributed by atoms with Gasteiger partial charge >= 0.3 is 0 Å². The molecule has 0 saturated heterocycles. The van der Waals surface area contributed by atoms with Crippen molar-refractivity contribution in [2.45, 2.75) is 19.6 Å². The van der Waals surface area contributed by atoms with Gasteiger partial charge in [-0.2, -0.15) is 0 Å². The van der Waals surface area contributed by atoms with Crippen molar-refractivity contribution in [1.82, 2.24) is 14.9 Å². The molecular formula is C14H20N4O. The van der Waals surface area contributed by atoms with Crippen molar-refractivity contribution < 1.29 is 5.11 Å². The van der Waals surface area contributed by atoms with Crippen LogP contribution in [0.15, 0.2) is 24.3 Å². The molecule has 2 N–H and O–H groups in total. The molecule has 5 nitrogen and oxygen atoms in total. The number of aliphatic hydroxyl groups is 1. The van der Waals surface area contributed by atoms with Crippen LogP contribution in [0.2, 0.25) is 0 Å². The first kappa shape index (κ1) is 13.7. The zero-order valence-electron chi connectivity index (χ0n) is 11.6. The van der Waals surface area contributed by atoms with E-state index in [2.05, 4.69) is 15.3 Å². The summed E-state index contributed by atoms with van der Waals surface area (Å²) in [6.07, 6.45) is -0.411. The Balaban J connectivity index is 2.39. The number of anilines is 1. The molecule has 0 fully saturated rings. The number of aliphatic hydroxyl groups excluding tert-OH is 1. The van der Waals surface area contributed by atoms with Crippen LogP contribution in [-0.2, 0) is 6.54 Å². The van der Waals surface area contributed by atoms with Crippen LogP contribution in [0.1, 0.15) is 12.7 Å². The Bertz CT molecular complexity index is 554. The van der Waals surface area contributed by atoms with Crippen molar-refractivity contribution >= 4 is 16.7 Å². The molecule has 1 heterocycles. The summed E-state index contributed by atoms with van der Waals surface area (Å²) < 4.78 is 0. The van der Waals surface area contributed by atoms with E-state index in [0.717, 1.165) is 22.5 Å². The second-order valence-corrected chi connectivity index (χ2v) is 4.97. The summed E-state index contributed by atoms with van der Waals surface area (Å²) in [5, 5.41) is 13.5. The largest absolute Gasteiger partial charge is 0.392 e. The number of aromatic nitrogens is 2. The molecular weight excluding hydrogens is 240 g/mol. The van der Waals surface area contributed by atoms with Crippen LogP contribution in [0.5, 0.6) is 0 Å². The molecule has 0 aliphatic carbocycles. The molecule has 5 heteroatoms. The van der Waals surface area contributed by atoms with E-state index in [9.17, 15) is 5.11 Å². The third kappa shape index (κ3) is 3.62. The van der Waals surface area contributed by atoms with Crippen molar-refractivity contribution in [2.75, 3.05) is 26.0 Å². The Morgan fingerprint density at radius 1 is 1.26 bits per heavy atom. The summed E-state index contributed by atoms with van der Waals surface area (Å²) in [6, 6.07) is 7.89. The highest BCUT2D eigenvalue weighted by molar-refractivity contribution is 5.88. The molecule has 0 bridgehead atoms. The monoisotopic (exact) mass is 260 g/mol. The fourth-order valence-electron chi connectivity index (χ4n) is 1.86. The van der Waals surface area contributed by atoms with Gasteiger partial charge in [0, 0.05) is 11.9 Å². The standard InChI is InChI=1S/C14H20N4O/c1-10(19)8-15-14-11-6-4-5-7-12(11)16-13(17-14)9-18(2)3/h4-7,10,19H,8-9H2,1-3H3,(H,15,16,17). The quantitative estimate of drug-likeness (QED) is 0.852. The van der Waals surface area contributed by atoms with E-state index in [4.69, 9.17) is 0 Å². The third-order valence-corrected chi connectivity index (χ3v) is 2.67. The van der Waals surface area contributed by atoms with E-state index >= 15 is 0 Å². The van der Waals surface area contributed by atoms with E-state index < -0.39 is 6.10 Å². The van der Waals surface area contributed by atoms with Gasteiger partial charge in [0.2, 0.25) is 0 Å². The number of nitrogens with one attached hydrogen (secondary N) is 1. The minimum atomic E-state index is -0.411. The van der Waals surface area contributed by atoms with E-state index in [1.54, 1.807) is 6.92 Å². The van der Waals surface area contributed by atoms with Crippen LogP contribution >= 0.6 is 0 Å². The number of hydrogen-bond donors (Lipinski definition) is 2. The Labute approximate surface area is 113 Å². The van der Waals surface area contributed by atoms with Gasteiger partial charge in [0.1, 0.15) is 11.6 Å². The number of hydrogen-bond acceptors (Lipinski definition) is 5. The third-order valence-electron chi connectivity index (χ3n) is 2.67. The van der Waals surface area contributed by atoms with Gasteiger partial charge in [0.25, 0.3) is 0 Å². The molecule has 0 saturated carbocycles. The fraction of sp³-hybridized carbons (Fsp3) is 0.429. The lowest BCUT2D eigenvalue weighted by Gasteiger charge is -2.13. The lowest BCUT2D eigenvalue weighted by Crippen LogP contribution is -2.18. The molecule has 0 radical (unpaired) electrons. The summed E-state index contributed by atoms with van der Waals surface area (Å²) in [4.78, 5) is 11.1. The summed E-state index contributed by atoms with van der Waals surface area (Å²) in [7, 11) is 3.98. The second-order valence-electron chi connectivity index (χ2n) is 4.97. The highest BCUT2D eigenvalue weighted by Gasteiger charge is 2.08. The number of nitrogens with zero attached hydrogens (tertiary/aromatic N) is 3. The molecule has 0 aliphatic heterocycles. The molecule has 1 unspecified atom stereocenters. The van der Waals surface area contributed by atoms with Crippen molar-refractivity contribution in [3.05, 3.63) is 30.1 Å². The molecule has 0 aliphatic rings. The Hall–Kier alpha value is -1.72. The van der Waals surface area contributed by atoms with E-state index in [1.165, 1.54) is 0 Å². The maximum Gasteiger partial charge on any atom is 0.145 e. The number of benzene rings is 1. The molecule has 2 aromatic rings. The molecule has 2 rings (SSSR count). The molecule has 19 heavy (non-hydrogen) atoms. The van der Waals surface area contributed by atoms with Crippen LogP contribution < -0.4 is 5.32 Å². The van der Waals surface area contributed by atoms with Crippen molar-refractivity contribution in [3.8, 4) is 0 Å². The number of para-hydroxylation sites is 1. The highest BCUT2D eigenvalue weighted by atomic mass is 16.3. The maximum absolute atomic E-state index is 9.39. The first-order chi connectivity index (χ1) is 9.06. The predicted molar refractivity (Wildman–Crippen MR) is 77.1 cm³/mol. The lowest BCUT2D eigenvalue weighted by molar-refractivity contribution is 0.208. The fourth-order valence-corrected chi connectivity index (χ4v) is 1.86. The second kappa shape index (κ2) is 5.95. The topological polar surface area (TPSA) is 61.3 Å². The lowest BCUT2D eigenvalue weighted by atomic mass is 10.2. The van der Waals surface area contributed by atoms with Crippen LogP contribution in [0.3, 0.4) is 0 Å². The smallest absolute Gasteiger partial charge is 0.145 e. The number of rotatable bonds is 5. The summed E-state index contributed by atoms with van der Waals surface area (Å²) >= 11 is 0. The minimum absolute atomic E-state index is 0.411. The SMILES string of the molecule is CC(O)CNc1nc(CN(C)C)nc2ccccc12. The Kier molecular flexibility index (Phi) is 4.29. The normalized spacial score (nSPS) is 12.9.